The van der Waals surface area contributed by atoms with Crippen LogP contribution in [0.5, 0.6) is 0 Å². The van der Waals surface area contributed by atoms with Gasteiger partial charge in [-0.15, -0.1) is 5.10 Å². The largest absolute Gasteiger partial charge is 0.356 e. The number of nitrogens with one attached hydrogen (secondary N) is 1. The van der Waals surface area contributed by atoms with Crippen molar-refractivity contribution >= 4 is 28.3 Å². The number of halogens is 1. The highest BCUT2D eigenvalue weighted by Crippen LogP contribution is 2.28. The first-order chi connectivity index (χ1) is 14.7. The molecule has 5 rings (SSSR count). The maximum absolute atomic E-state index is 14.4. The Kier molecular flexibility index (Phi) is 4.55. The molecular formula is C21H18FN7O. The van der Waals surface area contributed by atoms with Gasteiger partial charge in [-0.05, 0) is 53.6 Å². The normalized spacial score (nSPS) is 13.7. The number of carbonyl (C=O) groups excluding carboxylic acids is 1. The molecule has 0 radical (unpaired) electrons. The lowest BCUT2D eigenvalue weighted by Crippen LogP contribution is -2.24. The number of para-hydroxylation sites is 1. The van der Waals surface area contributed by atoms with E-state index in [-0.39, 0.29) is 5.69 Å². The number of carbonyl (C=O) groups is 1. The zero-order chi connectivity index (χ0) is 20.5. The molecule has 1 aliphatic rings. The topological polar surface area (TPSA) is 88.8 Å². The monoisotopic (exact) mass is 403 g/mol. The number of tetrazole rings is 1. The van der Waals surface area contributed by atoms with Crippen molar-refractivity contribution in [1.29, 1.82) is 0 Å². The second kappa shape index (κ2) is 7.51. The van der Waals surface area contributed by atoms with Gasteiger partial charge in [0.25, 0.3) is 5.91 Å². The molecule has 4 aromatic rings. The van der Waals surface area contributed by atoms with E-state index < -0.39 is 11.7 Å². The standard InChI is InChI=1S/C21H18FN7O/c22-17-8-7-15(29-13-23-26-27-29)12-19(17)25-21(30)16-11-14-5-1-2-6-18(14)24-20(16)28-9-3-4-10-28/h1-2,5-8,11-13H,3-4,9-10H2,(H,25,30). The number of hydrogen-bond acceptors (Lipinski definition) is 6. The van der Waals surface area contributed by atoms with Crippen molar-refractivity contribution in [3.05, 3.63) is 66.2 Å². The van der Waals surface area contributed by atoms with Gasteiger partial charge < -0.3 is 10.2 Å². The third-order valence-corrected chi connectivity index (χ3v) is 5.17. The van der Waals surface area contributed by atoms with E-state index >= 15 is 0 Å². The molecule has 1 fully saturated rings. The fourth-order valence-electron chi connectivity index (χ4n) is 3.66. The van der Waals surface area contributed by atoms with Crippen LogP contribution in [-0.2, 0) is 0 Å². The number of pyridine rings is 1. The minimum Gasteiger partial charge on any atom is -0.356 e. The van der Waals surface area contributed by atoms with Crippen LogP contribution in [-0.4, -0.2) is 44.2 Å². The molecule has 0 atom stereocenters. The Balaban J connectivity index is 1.53. The van der Waals surface area contributed by atoms with Gasteiger partial charge in [0.1, 0.15) is 18.0 Å². The van der Waals surface area contributed by atoms with Gasteiger partial charge in [0, 0.05) is 18.5 Å². The third-order valence-electron chi connectivity index (χ3n) is 5.17. The number of rotatable bonds is 4. The van der Waals surface area contributed by atoms with Crippen molar-refractivity contribution in [3.8, 4) is 5.69 Å². The summed E-state index contributed by atoms with van der Waals surface area (Å²) in [6.45, 7) is 1.68. The Morgan fingerprint density at radius 3 is 2.70 bits per heavy atom. The van der Waals surface area contributed by atoms with Gasteiger partial charge in [0.05, 0.1) is 22.5 Å². The lowest BCUT2D eigenvalue weighted by molar-refractivity contribution is 0.102. The molecule has 1 saturated heterocycles. The smallest absolute Gasteiger partial charge is 0.259 e. The molecule has 3 heterocycles. The highest BCUT2D eigenvalue weighted by molar-refractivity contribution is 6.09. The highest BCUT2D eigenvalue weighted by atomic mass is 19.1. The van der Waals surface area contributed by atoms with E-state index in [1.807, 2.05) is 30.3 Å². The minimum absolute atomic E-state index is 0.0496. The SMILES string of the molecule is O=C(Nc1cc(-n2cnnn2)ccc1F)c1cc2ccccc2nc1N1CCCC1. The Labute approximate surface area is 171 Å². The first kappa shape index (κ1) is 18.2. The fourth-order valence-corrected chi connectivity index (χ4v) is 3.66. The number of nitrogens with zero attached hydrogens (tertiary/aromatic N) is 6. The number of aromatic nitrogens is 5. The summed E-state index contributed by atoms with van der Waals surface area (Å²) in [5.41, 5.74) is 1.83. The van der Waals surface area contributed by atoms with E-state index in [1.54, 1.807) is 0 Å². The molecule has 0 unspecified atom stereocenters. The molecule has 1 N–H and O–H groups in total. The Morgan fingerprint density at radius 2 is 1.90 bits per heavy atom. The second-order valence-electron chi connectivity index (χ2n) is 7.12. The van der Waals surface area contributed by atoms with Gasteiger partial charge in [0.2, 0.25) is 0 Å². The molecule has 1 aliphatic heterocycles. The fraction of sp³-hybridized carbons (Fsp3) is 0.190. The average molecular weight is 403 g/mol. The molecule has 8 nitrogen and oxygen atoms in total. The second-order valence-corrected chi connectivity index (χ2v) is 7.12. The Bertz CT molecular complexity index is 1220. The van der Waals surface area contributed by atoms with Gasteiger partial charge in [-0.1, -0.05) is 18.2 Å². The molecule has 1 amide bonds. The molecule has 0 spiro atoms. The van der Waals surface area contributed by atoms with Crippen LogP contribution in [0.1, 0.15) is 23.2 Å². The molecule has 9 heteroatoms. The minimum atomic E-state index is -0.545. The zero-order valence-electron chi connectivity index (χ0n) is 16.0. The van der Waals surface area contributed by atoms with Crippen LogP contribution in [0, 0.1) is 5.82 Å². The number of fused-ring (bicyclic) bond motifs is 1. The molecule has 0 bridgehead atoms. The van der Waals surface area contributed by atoms with E-state index in [0.717, 1.165) is 36.8 Å². The number of benzene rings is 2. The van der Waals surface area contributed by atoms with Gasteiger partial charge in [0.15, 0.2) is 0 Å². The van der Waals surface area contributed by atoms with E-state index in [1.165, 1.54) is 29.2 Å². The maximum Gasteiger partial charge on any atom is 0.259 e. The molecule has 0 saturated carbocycles. The lowest BCUT2D eigenvalue weighted by Gasteiger charge is -2.20. The first-order valence-electron chi connectivity index (χ1n) is 9.68. The predicted molar refractivity (Wildman–Crippen MR) is 110 cm³/mol. The third kappa shape index (κ3) is 3.34. The maximum atomic E-state index is 14.4. The van der Waals surface area contributed by atoms with E-state index in [0.29, 0.717) is 17.1 Å². The van der Waals surface area contributed by atoms with Crippen molar-refractivity contribution in [2.75, 3.05) is 23.3 Å². The van der Waals surface area contributed by atoms with Crippen LogP contribution < -0.4 is 10.2 Å². The van der Waals surface area contributed by atoms with Crippen LogP contribution in [0.15, 0.2) is 54.9 Å². The number of amides is 1. The summed E-state index contributed by atoms with van der Waals surface area (Å²) in [7, 11) is 0. The van der Waals surface area contributed by atoms with Crippen LogP contribution >= 0.6 is 0 Å². The summed E-state index contributed by atoms with van der Waals surface area (Å²) in [6, 6.07) is 13.8. The summed E-state index contributed by atoms with van der Waals surface area (Å²) < 4.78 is 15.8. The molecular weight excluding hydrogens is 385 g/mol. The highest BCUT2D eigenvalue weighted by Gasteiger charge is 2.23. The number of hydrogen-bond donors (Lipinski definition) is 1. The van der Waals surface area contributed by atoms with Gasteiger partial charge in [-0.25, -0.2) is 14.1 Å². The van der Waals surface area contributed by atoms with Crippen molar-refractivity contribution in [2.24, 2.45) is 0 Å². The van der Waals surface area contributed by atoms with Crippen LogP contribution in [0.3, 0.4) is 0 Å². The van der Waals surface area contributed by atoms with Gasteiger partial charge in [-0.2, -0.15) is 0 Å². The van der Waals surface area contributed by atoms with Crippen LogP contribution in [0.25, 0.3) is 16.6 Å². The van der Waals surface area contributed by atoms with Crippen molar-refractivity contribution in [3.63, 3.8) is 0 Å². The van der Waals surface area contributed by atoms with Crippen molar-refractivity contribution in [1.82, 2.24) is 25.2 Å². The molecule has 30 heavy (non-hydrogen) atoms. The summed E-state index contributed by atoms with van der Waals surface area (Å²) in [4.78, 5) is 20.0. The number of anilines is 2. The zero-order valence-corrected chi connectivity index (χ0v) is 16.0. The lowest BCUT2D eigenvalue weighted by atomic mass is 10.1. The summed E-state index contributed by atoms with van der Waals surface area (Å²) >= 11 is 0. The summed E-state index contributed by atoms with van der Waals surface area (Å²) in [5.74, 6) is -0.333. The quantitative estimate of drug-likeness (QED) is 0.563. The average Bonchev–Trinajstić information content (AvgIpc) is 3.49. The van der Waals surface area contributed by atoms with Gasteiger partial charge >= 0.3 is 0 Å². The molecule has 2 aromatic heterocycles. The summed E-state index contributed by atoms with van der Waals surface area (Å²) in [6.07, 6.45) is 3.51. The van der Waals surface area contributed by atoms with E-state index in [4.69, 9.17) is 4.98 Å². The van der Waals surface area contributed by atoms with E-state index in [9.17, 15) is 9.18 Å². The van der Waals surface area contributed by atoms with Crippen LogP contribution in [0.4, 0.5) is 15.9 Å². The summed E-state index contributed by atoms with van der Waals surface area (Å²) in [5, 5.41) is 14.5. The predicted octanol–water partition coefficient (Wildman–Crippen LogP) is 3.20. The van der Waals surface area contributed by atoms with E-state index in [2.05, 4.69) is 25.7 Å². The van der Waals surface area contributed by atoms with Gasteiger partial charge in [-0.3, -0.25) is 4.79 Å². The molecule has 150 valence electrons. The van der Waals surface area contributed by atoms with Crippen molar-refractivity contribution < 1.29 is 9.18 Å². The molecule has 2 aromatic carbocycles. The Morgan fingerprint density at radius 1 is 1.07 bits per heavy atom. The van der Waals surface area contributed by atoms with Crippen molar-refractivity contribution in [2.45, 2.75) is 12.8 Å². The Hall–Kier alpha value is -3.88. The van der Waals surface area contributed by atoms with Crippen LogP contribution in [0.2, 0.25) is 0 Å². The molecule has 0 aliphatic carbocycles. The first-order valence-corrected chi connectivity index (χ1v) is 9.68.